The van der Waals surface area contributed by atoms with Gasteiger partial charge in [0.2, 0.25) is 0 Å². The first kappa shape index (κ1) is 22.6. The van der Waals surface area contributed by atoms with E-state index in [0.717, 1.165) is 72.8 Å². The molecule has 0 aliphatic carbocycles. The predicted molar refractivity (Wildman–Crippen MR) is 134 cm³/mol. The highest BCUT2D eigenvalue weighted by atomic mass is 16.5. The third-order valence-corrected chi connectivity index (χ3v) is 6.99. The van der Waals surface area contributed by atoms with E-state index in [4.69, 9.17) is 4.74 Å². The summed E-state index contributed by atoms with van der Waals surface area (Å²) in [6.45, 7) is 5.76. The van der Waals surface area contributed by atoms with Gasteiger partial charge in [-0.1, -0.05) is 48.5 Å². The maximum atomic E-state index is 12.2. The van der Waals surface area contributed by atoms with Gasteiger partial charge in [0, 0.05) is 35.9 Å². The van der Waals surface area contributed by atoms with Gasteiger partial charge in [0.15, 0.2) is 0 Å². The van der Waals surface area contributed by atoms with Gasteiger partial charge in [-0.05, 0) is 50.4 Å². The monoisotopic (exact) mass is 457 g/mol. The molecule has 0 unspecified atom stereocenters. The summed E-state index contributed by atoms with van der Waals surface area (Å²) in [5, 5.41) is 13.2. The number of likely N-dealkylation sites (tertiary alicyclic amines) is 1. The fraction of sp³-hybridized carbons (Fsp3) is 0.357. The SMILES string of the molecule is CCOC(=O)c1cc2c3ccccc3n(CCCN3CCC(O)(c4ccccc4)CC3)c2cn1. The number of nitrogens with zero attached hydrogens (tertiary/aromatic N) is 3. The Hall–Kier alpha value is -3.22. The Morgan fingerprint density at radius 1 is 1.00 bits per heavy atom. The molecule has 2 aromatic heterocycles. The Labute approximate surface area is 199 Å². The van der Waals surface area contributed by atoms with Gasteiger partial charge in [0.1, 0.15) is 5.69 Å². The molecule has 1 aliphatic heterocycles. The van der Waals surface area contributed by atoms with Crippen LogP contribution in [-0.2, 0) is 16.9 Å². The van der Waals surface area contributed by atoms with Crippen LogP contribution in [0, 0.1) is 0 Å². The number of para-hydroxylation sites is 1. The van der Waals surface area contributed by atoms with Crippen LogP contribution in [0.3, 0.4) is 0 Å². The first-order valence-electron chi connectivity index (χ1n) is 12.1. The van der Waals surface area contributed by atoms with Gasteiger partial charge in [-0.3, -0.25) is 0 Å². The van der Waals surface area contributed by atoms with Crippen molar-refractivity contribution in [2.45, 2.75) is 38.3 Å². The van der Waals surface area contributed by atoms with E-state index in [1.807, 2.05) is 48.5 Å². The summed E-state index contributed by atoms with van der Waals surface area (Å²) < 4.78 is 7.44. The van der Waals surface area contributed by atoms with E-state index in [1.54, 1.807) is 13.1 Å². The van der Waals surface area contributed by atoms with Crippen LogP contribution >= 0.6 is 0 Å². The van der Waals surface area contributed by atoms with Gasteiger partial charge in [-0.25, -0.2) is 9.78 Å². The summed E-state index contributed by atoms with van der Waals surface area (Å²) >= 11 is 0. The lowest BCUT2D eigenvalue weighted by Crippen LogP contribution is -2.43. The minimum atomic E-state index is -0.715. The van der Waals surface area contributed by atoms with Crippen LogP contribution in [0.4, 0.5) is 0 Å². The summed E-state index contributed by atoms with van der Waals surface area (Å²) in [6, 6.07) is 20.2. The van der Waals surface area contributed by atoms with Crippen LogP contribution in [0.15, 0.2) is 66.9 Å². The van der Waals surface area contributed by atoms with Crippen molar-refractivity contribution in [3.05, 3.63) is 78.1 Å². The molecule has 0 atom stereocenters. The van der Waals surface area contributed by atoms with Crippen molar-refractivity contribution < 1.29 is 14.6 Å². The molecule has 6 heteroatoms. The van der Waals surface area contributed by atoms with Crippen molar-refractivity contribution in [3.8, 4) is 0 Å². The van der Waals surface area contributed by atoms with E-state index < -0.39 is 5.60 Å². The predicted octanol–water partition coefficient (Wildman–Crippen LogP) is 4.74. The molecule has 176 valence electrons. The van der Waals surface area contributed by atoms with Gasteiger partial charge in [-0.2, -0.15) is 0 Å². The van der Waals surface area contributed by atoms with Crippen molar-refractivity contribution in [1.29, 1.82) is 0 Å². The molecule has 2 aromatic carbocycles. The van der Waals surface area contributed by atoms with Crippen molar-refractivity contribution >= 4 is 27.8 Å². The van der Waals surface area contributed by atoms with Gasteiger partial charge in [-0.15, -0.1) is 0 Å². The molecule has 0 bridgehead atoms. The van der Waals surface area contributed by atoms with Crippen LogP contribution in [0.5, 0.6) is 0 Å². The molecular formula is C28H31N3O3. The number of pyridine rings is 1. The fourth-order valence-corrected chi connectivity index (χ4v) is 5.14. The van der Waals surface area contributed by atoms with E-state index >= 15 is 0 Å². The molecule has 34 heavy (non-hydrogen) atoms. The van der Waals surface area contributed by atoms with Gasteiger partial charge in [0.05, 0.1) is 23.9 Å². The van der Waals surface area contributed by atoms with E-state index in [2.05, 4.69) is 26.6 Å². The molecule has 0 saturated carbocycles. The Morgan fingerprint density at radius 3 is 2.50 bits per heavy atom. The maximum absolute atomic E-state index is 12.2. The number of carbonyl (C=O) groups is 1. The molecule has 1 saturated heterocycles. The van der Waals surface area contributed by atoms with Crippen LogP contribution < -0.4 is 0 Å². The normalized spacial score (nSPS) is 16.2. The summed E-state index contributed by atoms with van der Waals surface area (Å²) in [5.41, 5.74) is 2.84. The fourth-order valence-electron chi connectivity index (χ4n) is 5.14. The van der Waals surface area contributed by atoms with Crippen molar-refractivity contribution in [2.24, 2.45) is 0 Å². The zero-order chi connectivity index (χ0) is 23.5. The molecule has 0 radical (unpaired) electrons. The molecular weight excluding hydrogens is 426 g/mol. The van der Waals surface area contributed by atoms with Gasteiger partial charge in [0.25, 0.3) is 0 Å². The minimum absolute atomic E-state index is 0.333. The number of aryl methyl sites for hydroxylation is 1. The largest absolute Gasteiger partial charge is 0.461 e. The highest BCUT2D eigenvalue weighted by Gasteiger charge is 2.33. The summed E-state index contributed by atoms with van der Waals surface area (Å²) in [5.74, 6) is -0.387. The first-order chi connectivity index (χ1) is 16.6. The molecule has 5 rings (SSSR count). The molecule has 4 aromatic rings. The molecule has 1 aliphatic rings. The molecule has 1 fully saturated rings. The third-order valence-electron chi connectivity index (χ3n) is 6.99. The highest BCUT2D eigenvalue weighted by molar-refractivity contribution is 6.09. The summed E-state index contributed by atoms with van der Waals surface area (Å²) in [4.78, 5) is 19.0. The molecule has 1 N–H and O–H groups in total. The Bertz CT molecular complexity index is 1290. The minimum Gasteiger partial charge on any atom is -0.461 e. The van der Waals surface area contributed by atoms with E-state index in [1.165, 1.54) is 0 Å². The molecule has 6 nitrogen and oxygen atoms in total. The zero-order valence-corrected chi connectivity index (χ0v) is 19.6. The second-order valence-electron chi connectivity index (χ2n) is 9.07. The quantitative estimate of drug-likeness (QED) is 0.406. The Balaban J connectivity index is 1.28. The molecule has 0 spiro atoms. The van der Waals surface area contributed by atoms with Crippen LogP contribution in [0.25, 0.3) is 21.8 Å². The average Bonchev–Trinajstić information content (AvgIpc) is 3.19. The number of esters is 1. The van der Waals surface area contributed by atoms with Gasteiger partial charge < -0.3 is 19.3 Å². The molecule has 0 amide bonds. The summed E-state index contributed by atoms with van der Waals surface area (Å²) in [6.07, 6.45) is 4.31. The second-order valence-corrected chi connectivity index (χ2v) is 9.07. The summed E-state index contributed by atoms with van der Waals surface area (Å²) in [7, 11) is 0. The van der Waals surface area contributed by atoms with Crippen LogP contribution in [-0.4, -0.2) is 51.8 Å². The third kappa shape index (κ3) is 4.31. The number of ether oxygens (including phenoxy) is 1. The van der Waals surface area contributed by atoms with Crippen LogP contribution in [0.1, 0.15) is 42.2 Å². The number of hydrogen-bond donors (Lipinski definition) is 1. The van der Waals surface area contributed by atoms with Crippen LogP contribution in [0.2, 0.25) is 0 Å². The number of piperidine rings is 1. The van der Waals surface area contributed by atoms with Gasteiger partial charge >= 0.3 is 5.97 Å². The maximum Gasteiger partial charge on any atom is 0.356 e. The van der Waals surface area contributed by atoms with Crippen molar-refractivity contribution in [3.63, 3.8) is 0 Å². The Kier molecular flexibility index (Phi) is 6.35. The number of rotatable bonds is 7. The average molecular weight is 458 g/mol. The lowest BCUT2D eigenvalue weighted by molar-refractivity contribution is -0.0261. The lowest BCUT2D eigenvalue weighted by atomic mass is 9.84. The topological polar surface area (TPSA) is 67.6 Å². The number of aliphatic hydroxyl groups is 1. The zero-order valence-electron chi connectivity index (χ0n) is 19.6. The first-order valence-corrected chi connectivity index (χ1v) is 12.1. The number of aromatic nitrogens is 2. The number of benzene rings is 2. The van der Waals surface area contributed by atoms with Crippen molar-refractivity contribution in [1.82, 2.24) is 14.5 Å². The smallest absolute Gasteiger partial charge is 0.356 e. The standard InChI is InChI=1S/C28H31N3O3/c1-2-34-27(32)24-19-23-22-11-6-7-12-25(22)31(26(23)20-29-24)16-8-15-30-17-13-28(33,14-18-30)21-9-4-3-5-10-21/h3-7,9-12,19-20,33H,2,8,13-18H2,1H3. The number of carbonyl (C=O) groups excluding carboxylic acids is 1. The highest BCUT2D eigenvalue weighted by Crippen LogP contribution is 2.33. The Morgan fingerprint density at radius 2 is 1.74 bits per heavy atom. The second kappa shape index (κ2) is 9.57. The molecule has 3 heterocycles. The lowest BCUT2D eigenvalue weighted by Gasteiger charge is -2.38. The van der Waals surface area contributed by atoms with E-state index in [-0.39, 0.29) is 5.97 Å². The van der Waals surface area contributed by atoms with E-state index in [0.29, 0.717) is 12.3 Å². The number of hydrogen-bond acceptors (Lipinski definition) is 5. The number of fused-ring (bicyclic) bond motifs is 3. The van der Waals surface area contributed by atoms with Crippen molar-refractivity contribution in [2.75, 3.05) is 26.2 Å². The van der Waals surface area contributed by atoms with E-state index in [9.17, 15) is 9.90 Å².